The second kappa shape index (κ2) is 15.8. The van der Waals surface area contributed by atoms with Crippen molar-refractivity contribution in [3.63, 3.8) is 0 Å². The number of likely N-dealkylation sites (tertiary alicyclic amines) is 1. The highest BCUT2D eigenvalue weighted by Crippen LogP contribution is 2.33. The summed E-state index contributed by atoms with van der Waals surface area (Å²) in [5, 5.41) is 2.22. The second-order valence-electron chi connectivity index (χ2n) is 15.4. The first kappa shape index (κ1) is 37.4. The fourth-order valence-electron chi connectivity index (χ4n) is 8.52. The van der Waals surface area contributed by atoms with Gasteiger partial charge in [-0.3, -0.25) is 39.1 Å². The van der Waals surface area contributed by atoms with Crippen molar-refractivity contribution < 1.29 is 28.4 Å². The largest absolute Gasteiger partial charge is 0.368 e. The number of fused-ring (bicyclic) bond motifs is 1. The Morgan fingerprint density at radius 2 is 1.63 bits per heavy atom. The summed E-state index contributed by atoms with van der Waals surface area (Å²) in [7, 11) is 4.24. The summed E-state index contributed by atoms with van der Waals surface area (Å²) in [5.74, 6) is -1.72. The minimum absolute atomic E-state index is 0.0803. The monoisotopic (exact) mass is 736 g/mol. The topological polar surface area (TPSA) is 114 Å². The van der Waals surface area contributed by atoms with Crippen LogP contribution in [-0.4, -0.2) is 115 Å². The fraction of sp³-hybridized carbons (Fsp3) is 0.452. The molecule has 12 heteroatoms. The number of hydrogen-bond acceptors (Lipinski definition) is 8. The Morgan fingerprint density at radius 3 is 2.33 bits per heavy atom. The molecule has 4 aliphatic rings. The predicted octanol–water partition coefficient (Wildman–Crippen LogP) is 4.13. The number of carbonyl (C=O) groups is 5. The molecule has 0 bridgehead atoms. The number of piperidine rings is 1. The molecule has 5 amide bonds. The molecule has 0 aromatic heterocycles. The number of likely N-dealkylation sites (N-methyl/N-ethyl adjacent to an activating group) is 1. The number of piperazine rings is 1. The lowest BCUT2D eigenvalue weighted by molar-refractivity contribution is -0.136. The molecule has 1 unspecified atom stereocenters. The Morgan fingerprint density at radius 1 is 0.889 bits per heavy atom. The Kier molecular flexibility index (Phi) is 10.9. The van der Waals surface area contributed by atoms with E-state index in [0.717, 1.165) is 59.9 Å². The third-order valence-corrected chi connectivity index (χ3v) is 11.7. The zero-order valence-electron chi connectivity index (χ0n) is 31.4. The normalized spacial score (nSPS) is 22.0. The fourth-order valence-corrected chi connectivity index (χ4v) is 8.52. The zero-order valence-corrected chi connectivity index (χ0v) is 31.4. The molecule has 0 spiro atoms. The average molecular weight is 737 g/mol. The number of aryl methyl sites for hydroxylation is 2. The van der Waals surface area contributed by atoms with Gasteiger partial charge < -0.3 is 14.7 Å². The SMILES string of the molecule is Cc1cccc(F)c1CN1C[C@H](c2ccc(N3CCN(C(=O)CCCCc4ccc5c(c4)C(=O)N(C4CCC(=O)NC4=O)C5=O)CC3)cc2)[C@@H](N(C)C)C1. The number of nitrogens with one attached hydrogen (secondary N) is 1. The van der Waals surface area contributed by atoms with E-state index in [-0.39, 0.29) is 35.7 Å². The van der Waals surface area contributed by atoms with Gasteiger partial charge in [0.1, 0.15) is 11.9 Å². The van der Waals surface area contributed by atoms with Gasteiger partial charge in [0.05, 0.1) is 11.1 Å². The molecule has 0 aliphatic carbocycles. The molecule has 54 heavy (non-hydrogen) atoms. The van der Waals surface area contributed by atoms with Crippen LogP contribution in [0.5, 0.6) is 0 Å². The molecular formula is C42H49FN6O5. The van der Waals surface area contributed by atoms with Crippen LogP contribution in [0, 0.1) is 12.7 Å². The van der Waals surface area contributed by atoms with Crippen LogP contribution >= 0.6 is 0 Å². The minimum Gasteiger partial charge on any atom is -0.368 e. The van der Waals surface area contributed by atoms with E-state index in [4.69, 9.17) is 0 Å². The Bertz CT molecular complexity index is 1920. The van der Waals surface area contributed by atoms with Crippen molar-refractivity contribution in [2.45, 2.75) is 70.0 Å². The molecule has 11 nitrogen and oxygen atoms in total. The summed E-state index contributed by atoms with van der Waals surface area (Å²) in [6.07, 6.45) is 2.77. The van der Waals surface area contributed by atoms with Gasteiger partial charge in [0.15, 0.2) is 0 Å². The highest BCUT2D eigenvalue weighted by atomic mass is 19.1. The van der Waals surface area contributed by atoms with Crippen molar-refractivity contribution in [2.75, 3.05) is 58.3 Å². The maximum atomic E-state index is 14.6. The molecule has 0 radical (unpaired) electrons. The third-order valence-electron chi connectivity index (χ3n) is 11.7. The lowest BCUT2D eigenvalue weighted by Crippen LogP contribution is -2.54. The van der Waals surface area contributed by atoms with Crippen LogP contribution in [0.2, 0.25) is 0 Å². The standard InChI is InChI=1S/C42H49FN6O5/c1-27-7-6-9-35(43)33(27)24-46-25-34(37(26-46)45(2)3)29-12-14-30(15-13-29)47-19-21-48(22-20-47)39(51)10-5-4-8-28-11-16-31-32(23-28)42(54)49(41(31)53)36-17-18-38(50)44-40(36)52/h6-7,9,11-16,23,34,36-37H,4-5,8,10,17-22,24-26H2,1-3H3,(H,44,50,52)/t34-,36?,37+/m1/s1. The van der Waals surface area contributed by atoms with Crippen molar-refractivity contribution in [3.8, 4) is 0 Å². The second-order valence-corrected chi connectivity index (χ2v) is 15.4. The van der Waals surface area contributed by atoms with Crippen molar-refractivity contribution in [2.24, 2.45) is 0 Å². The van der Waals surface area contributed by atoms with Crippen molar-refractivity contribution >= 4 is 35.2 Å². The number of carbonyl (C=O) groups excluding carboxylic acids is 5. The smallest absolute Gasteiger partial charge is 0.262 e. The third kappa shape index (κ3) is 7.67. The van der Waals surface area contributed by atoms with Crippen LogP contribution in [-0.2, 0) is 27.3 Å². The highest BCUT2D eigenvalue weighted by Gasteiger charge is 2.44. The van der Waals surface area contributed by atoms with Gasteiger partial charge in [0.25, 0.3) is 11.8 Å². The lowest BCUT2D eigenvalue weighted by Gasteiger charge is -2.36. The Balaban J connectivity index is 0.862. The molecule has 284 valence electrons. The molecule has 3 fully saturated rings. The minimum atomic E-state index is -0.985. The maximum Gasteiger partial charge on any atom is 0.262 e. The maximum absolute atomic E-state index is 14.6. The van der Waals surface area contributed by atoms with Gasteiger partial charge in [-0.15, -0.1) is 0 Å². The summed E-state index contributed by atoms with van der Waals surface area (Å²) in [6, 6.07) is 18.7. The van der Waals surface area contributed by atoms with Gasteiger partial charge in [0, 0.05) is 81.9 Å². The van der Waals surface area contributed by atoms with E-state index < -0.39 is 29.7 Å². The summed E-state index contributed by atoms with van der Waals surface area (Å²) in [4.78, 5) is 73.0. The van der Waals surface area contributed by atoms with Gasteiger partial charge in [-0.1, -0.05) is 30.3 Å². The van der Waals surface area contributed by atoms with Crippen LogP contribution in [0.25, 0.3) is 0 Å². The molecule has 7 rings (SSSR count). The van der Waals surface area contributed by atoms with Crippen LogP contribution < -0.4 is 10.2 Å². The molecule has 3 aromatic carbocycles. The van der Waals surface area contributed by atoms with Crippen molar-refractivity contribution in [1.82, 2.24) is 24.9 Å². The van der Waals surface area contributed by atoms with Crippen molar-refractivity contribution in [3.05, 3.63) is 99.9 Å². The number of benzene rings is 3. The van der Waals surface area contributed by atoms with E-state index in [1.54, 1.807) is 24.3 Å². The molecule has 4 aliphatic heterocycles. The molecule has 0 saturated carbocycles. The molecule has 3 atom stereocenters. The van der Waals surface area contributed by atoms with Gasteiger partial charge >= 0.3 is 0 Å². The highest BCUT2D eigenvalue weighted by molar-refractivity contribution is 6.23. The first-order chi connectivity index (χ1) is 26.0. The number of hydrogen-bond donors (Lipinski definition) is 1. The molecule has 3 aromatic rings. The van der Waals surface area contributed by atoms with Gasteiger partial charge in [0.2, 0.25) is 17.7 Å². The lowest BCUT2D eigenvalue weighted by atomic mass is 9.93. The Hall–Kier alpha value is -4.94. The molecular weight excluding hydrogens is 687 g/mol. The predicted molar refractivity (Wildman–Crippen MR) is 203 cm³/mol. The number of anilines is 1. The summed E-state index contributed by atoms with van der Waals surface area (Å²) < 4.78 is 14.6. The number of nitrogens with zero attached hydrogens (tertiary/aromatic N) is 5. The molecule has 3 saturated heterocycles. The number of rotatable bonds is 11. The van der Waals surface area contributed by atoms with E-state index in [2.05, 4.69) is 58.4 Å². The van der Waals surface area contributed by atoms with Crippen LogP contribution in [0.3, 0.4) is 0 Å². The van der Waals surface area contributed by atoms with Gasteiger partial charge in [-0.05, 0) is 93.7 Å². The van der Waals surface area contributed by atoms with E-state index in [0.29, 0.717) is 50.9 Å². The van der Waals surface area contributed by atoms with Crippen LogP contribution in [0.15, 0.2) is 60.7 Å². The zero-order chi connectivity index (χ0) is 38.1. The molecule has 1 N–H and O–H groups in total. The summed E-state index contributed by atoms with van der Waals surface area (Å²) in [6.45, 7) is 7.20. The first-order valence-electron chi connectivity index (χ1n) is 19.1. The summed E-state index contributed by atoms with van der Waals surface area (Å²) >= 11 is 0. The van der Waals surface area contributed by atoms with Crippen molar-refractivity contribution in [1.29, 1.82) is 0 Å². The first-order valence-corrected chi connectivity index (χ1v) is 19.1. The number of imide groups is 2. The number of amides is 5. The van der Waals surface area contributed by atoms with Gasteiger partial charge in [-0.2, -0.15) is 0 Å². The summed E-state index contributed by atoms with van der Waals surface area (Å²) in [5.41, 5.74) is 5.64. The Labute approximate surface area is 316 Å². The van der Waals surface area contributed by atoms with Crippen LogP contribution in [0.1, 0.15) is 81.0 Å². The van der Waals surface area contributed by atoms with Gasteiger partial charge in [-0.25, -0.2) is 4.39 Å². The average Bonchev–Trinajstić information content (AvgIpc) is 3.70. The van der Waals surface area contributed by atoms with E-state index >= 15 is 0 Å². The van der Waals surface area contributed by atoms with E-state index in [1.807, 2.05) is 24.0 Å². The van der Waals surface area contributed by atoms with E-state index in [1.165, 1.54) is 5.56 Å². The molecule has 4 heterocycles. The number of halogens is 1. The quantitative estimate of drug-likeness (QED) is 0.231. The van der Waals surface area contributed by atoms with Crippen LogP contribution in [0.4, 0.5) is 10.1 Å². The number of unbranched alkanes of at least 4 members (excludes halogenated alkanes) is 1. The van der Waals surface area contributed by atoms with E-state index in [9.17, 15) is 28.4 Å².